The van der Waals surface area contributed by atoms with Crippen molar-refractivity contribution in [2.75, 3.05) is 11.9 Å². The van der Waals surface area contributed by atoms with Crippen LogP contribution in [0.5, 0.6) is 0 Å². The smallest absolute Gasteiger partial charge is 0.223 e. The molecule has 1 fully saturated rings. The van der Waals surface area contributed by atoms with Crippen LogP contribution in [-0.4, -0.2) is 16.5 Å². The molecule has 4 heteroatoms. The van der Waals surface area contributed by atoms with Crippen molar-refractivity contribution in [3.8, 4) is 0 Å². The summed E-state index contributed by atoms with van der Waals surface area (Å²) in [7, 11) is 0. The average Bonchev–Trinajstić information content (AvgIpc) is 3.05. The molecule has 0 atom stereocenters. The Bertz CT molecular complexity index is 564. The summed E-state index contributed by atoms with van der Waals surface area (Å²) in [4.78, 5) is 8.84. The lowest BCUT2D eigenvalue weighted by Crippen LogP contribution is -2.13. The molecule has 1 aliphatic rings. The fourth-order valence-electron chi connectivity index (χ4n) is 1.77. The first-order chi connectivity index (χ1) is 8.15. The molecule has 1 aromatic heterocycles. The minimum atomic E-state index is 0.470. The maximum Gasteiger partial charge on any atom is 0.223 e. The highest BCUT2D eigenvalue weighted by Crippen LogP contribution is 2.44. The zero-order valence-electron chi connectivity index (χ0n) is 9.70. The number of hydrogen-bond acceptors (Lipinski definition) is 3. The summed E-state index contributed by atoms with van der Waals surface area (Å²) in [6.07, 6.45) is 4.48. The van der Waals surface area contributed by atoms with Gasteiger partial charge in [-0.05, 0) is 36.5 Å². The van der Waals surface area contributed by atoms with E-state index in [0.29, 0.717) is 5.41 Å². The third-order valence-corrected chi connectivity index (χ3v) is 3.81. The summed E-state index contributed by atoms with van der Waals surface area (Å²) >= 11 is 3.44. The molecule has 1 aromatic carbocycles. The molecule has 1 heterocycles. The normalized spacial score (nSPS) is 17.1. The highest BCUT2D eigenvalue weighted by atomic mass is 79.9. The van der Waals surface area contributed by atoms with Crippen molar-refractivity contribution in [2.24, 2.45) is 5.41 Å². The van der Waals surface area contributed by atoms with E-state index in [1.807, 2.05) is 24.4 Å². The maximum absolute atomic E-state index is 4.50. The topological polar surface area (TPSA) is 37.8 Å². The van der Waals surface area contributed by atoms with Crippen LogP contribution >= 0.6 is 15.9 Å². The zero-order chi connectivity index (χ0) is 11.9. The maximum atomic E-state index is 4.50. The van der Waals surface area contributed by atoms with Gasteiger partial charge in [0.25, 0.3) is 0 Å². The van der Waals surface area contributed by atoms with Crippen molar-refractivity contribution in [1.82, 2.24) is 9.97 Å². The van der Waals surface area contributed by atoms with E-state index in [4.69, 9.17) is 0 Å². The van der Waals surface area contributed by atoms with Gasteiger partial charge in [0.1, 0.15) is 0 Å². The molecular formula is C13H14BrN3. The lowest BCUT2D eigenvalue weighted by Gasteiger charge is -2.10. The predicted octanol–water partition coefficient (Wildman–Crippen LogP) is 3.60. The van der Waals surface area contributed by atoms with E-state index in [0.717, 1.165) is 27.9 Å². The number of fused-ring (bicyclic) bond motifs is 1. The molecule has 0 radical (unpaired) electrons. The first kappa shape index (κ1) is 11.0. The van der Waals surface area contributed by atoms with Gasteiger partial charge in [0, 0.05) is 22.6 Å². The lowest BCUT2D eigenvalue weighted by molar-refractivity contribution is 0.608. The third-order valence-electron chi connectivity index (χ3n) is 3.32. The second-order valence-corrected chi connectivity index (χ2v) is 5.98. The van der Waals surface area contributed by atoms with Gasteiger partial charge >= 0.3 is 0 Å². The second-order valence-electron chi connectivity index (χ2n) is 5.06. The Morgan fingerprint density at radius 3 is 3.00 bits per heavy atom. The van der Waals surface area contributed by atoms with Crippen molar-refractivity contribution in [1.29, 1.82) is 0 Å². The van der Waals surface area contributed by atoms with Gasteiger partial charge in [-0.1, -0.05) is 22.9 Å². The predicted molar refractivity (Wildman–Crippen MR) is 73.1 cm³/mol. The summed E-state index contributed by atoms with van der Waals surface area (Å²) in [6, 6.07) is 6.04. The van der Waals surface area contributed by atoms with E-state index in [9.17, 15) is 0 Å². The number of anilines is 1. The third kappa shape index (κ3) is 2.41. The van der Waals surface area contributed by atoms with E-state index < -0.39 is 0 Å². The summed E-state index contributed by atoms with van der Waals surface area (Å²) in [5.74, 6) is 0.730. The van der Waals surface area contributed by atoms with Gasteiger partial charge < -0.3 is 5.32 Å². The van der Waals surface area contributed by atoms with Crippen LogP contribution in [0.1, 0.15) is 19.8 Å². The second kappa shape index (κ2) is 3.95. The standard InChI is InChI=1S/C13H14BrN3/c1-13(4-5-13)8-16-12-15-7-9-6-10(14)2-3-11(9)17-12/h2-3,6-7H,4-5,8H2,1H3,(H,15,16,17). The SMILES string of the molecule is CC1(CNc2ncc3cc(Br)ccc3n2)CC1. The number of nitrogens with zero attached hydrogens (tertiary/aromatic N) is 2. The molecule has 0 bridgehead atoms. The van der Waals surface area contributed by atoms with Crippen LogP contribution in [0.4, 0.5) is 5.95 Å². The molecule has 0 amide bonds. The van der Waals surface area contributed by atoms with E-state index in [1.54, 1.807) is 0 Å². The average molecular weight is 292 g/mol. The molecule has 3 nitrogen and oxygen atoms in total. The summed E-state index contributed by atoms with van der Waals surface area (Å²) in [6.45, 7) is 3.26. The Hall–Kier alpha value is -1.16. The number of hydrogen-bond donors (Lipinski definition) is 1. The van der Waals surface area contributed by atoms with Gasteiger partial charge in [-0.25, -0.2) is 9.97 Å². The van der Waals surface area contributed by atoms with Crippen LogP contribution < -0.4 is 5.32 Å². The Balaban J connectivity index is 1.83. The van der Waals surface area contributed by atoms with Crippen LogP contribution in [0.25, 0.3) is 10.9 Å². The number of nitrogens with one attached hydrogen (secondary N) is 1. The van der Waals surface area contributed by atoms with E-state index in [1.165, 1.54) is 12.8 Å². The first-order valence-corrected chi connectivity index (χ1v) is 6.60. The summed E-state index contributed by atoms with van der Waals surface area (Å²) in [5.41, 5.74) is 1.45. The molecule has 0 aliphatic heterocycles. The van der Waals surface area contributed by atoms with Gasteiger partial charge in [0.05, 0.1) is 5.52 Å². The Kier molecular flexibility index (Phi) is 2.54. The molecule has 0 spiro atoms. The van der Waals surface area contributed by atoms with Crippen molar-refractivity contribution >= 4 is 32.8 Å². The number of halogens is 1. The first-order valence-electron chi connectivity index (χ1n) is 5.81. The Morgan fingerprint density at radius 2 is 2.24 bits per heavy atom. The van der Waals surface area contributed by atoms with Crippen LogP contribution in [-0.2, 0) is 0 Å². The minimum Gasteiger partial charge on any atom is -0.354 e. The fraction of sp³-hybridized carbons (Fsp3) is 0.385. The molecule has 2 aromatic rings. The van der Waals surface area contributed by atoms with Crippen LogP contribution in [0.15, 0.2) is 28.9 Å². The number of rotatable bonds is 3. The largest absolute Gasteiger partial charge is 0.354 e. The molecule has 1 N–H and O–H groups in total. The fourth-order valence-corrected chi connectivity index (χ4v) is 2.15. The van der Waals surface area contributed by atoms with Gasteiger partial charge in [-0.3, -0.25) is 0 Å². The summed E-state index contributed by atoms with van der Waals surface area (Å²) in [5, 5.41) is 4.38. The molecule has 17 heavy (non-hydrogen) atoms. The lowest BCUT2D eigenvalue weighted by atomic mass is 10.1. The van der Waals surface area contributed by atoms with Gasteiger partial charge in [0.2, 0.25) is 5.95 Å². The summed E-state index contributed by atoms with van der Waals surface area (Å²) < 4.78 is 1.06. The molecule has 0 unspecified atom stereocenters. The van der Waals surface area contributed by atoms with E-state index in [-0.39, 0.29) is 0 Å². The molecule has 1 aliphatic carbocycles. The van der Waals surface area contributed by atoms with Crippen LogP contribution in [0.2, 0.25) is 0 Å². The highest BCUT2D eigenvalue weighted by molar-refractivity contribution is 9.10. The van der Waals surface area contributed by atoms with Gasteiger partial charge in [0.15, 0.2) is 0 Å². The van der Waals surface area contributed by atoms with E-state index in [2.05, 4.69) is 38.1 Å². The number of aromatic nitrogens is 2. The Morgan fingerprint density at radius 1 is 1.41 bits per heavy atom. The zero-order valence-corrected chi connectivity index (χ0v) is 11.3. The minimum absolute atomic E-state index is 0.470. The van der Waals surface area contributed by atoms with Crippen molar-refractivity contribution in [3.63, 3.8) is 0 Å². The van der Waals surface area contributed by atoms with Gasteiger partial charge in [-0.2, -0.15) is 0 Å². The van der Waals surface area contributed by atoms with E-state index >= 15 is 0 Å². The highest BCUT2D eigenvalue weighted by Gasteiger charge is 2.36. The molecular weight excluding hydrogens is 278 g/mol. The van der Waals surface area contributed by atoms with Crippen LogP contribution in [0, 0.1) is 5.41 Å². The monoisotopic (exact) mass is 291 g/mol. The van der Waals surface area contributed by atoms with Crippen molar-refractivity contribution in [2.45, 2.75) is 19.8 Å². The van der Waals surface area contributed by atoms with Crippen molar-refractivity contribution < 1.29 is 0 Å². The Labute approximate surface area is 109 Å². The molecule has 1 saturated carbocycles. The molecule has 88 valence electrons. The van der Waals surface area contributed by atoms with Crippen LogP contribution in [0.3, 0.4) is 0 Å². The number of benzene rings is 1. The molecule has 0 saturated heterocycles. The quantitative estimate of drug-likeness (QED) is 0.939. The van der Waals surface area contributed by atoms with Crippen molar-refractivity contribution in [3.05, 3.63) is 28.9 Å². The van der Waals surface area contributed by atoms with Gasteiger partial charge in [-0.15, -0.1) is 0 Å². The molecule has 3 rings (SSSR count).